The maximum Gasteiger partial charge on any atom is 0.125 e. The highest BCUT2D eigenvalue weighted by molar-refractivity contribution is 5.76. The van der Waals surface area contributed by atoms with Crippen LogP contribution in [-0.2, 0) is 12.0 Å². The van der Waals surface area contributed by atoms with E-state index in [2.05, 4.69) is 23.7 Å². The first kappa shape index (κ1) is 13.6. The van der Waals surface area contributed by atoms with Crippen LogP contribution in [0.4, 0.5) is 4.39 Å². The van der Waals surface area contributed by atoms with E-state index in [4.69, 9.17) is 4.98 Å². The van der Waals surface area contributed by atoms with E-state index < -0.39 is 0 Å². The molecule has 0 saturated carbocycles. The van der Waals surface area contributed by atoms with Crippen LogP contribution in [0.5, 0.6) is 0 Å². The number of halogens is 1. The topological polar surface area (TPSA) is 29.9 Å². The van der Waals surface area contributed by atoms with Crippen molar-refractivity contribution in [2.45, 2.75) is 45.1 Å². The van der Waals surface area contributed by atoms with Crippen LogP contribution >= 0.6 is 0 Å². The summed E-state index contributed by atoms with van der Waals surface area (Å²) >= 11 is 0. The van der Waals surface area contributed by atoms with Crippen LogP contribution in [0.15, 0.2) is 18.2 Å². The molecule has 0 spiro atoms. The fourth-order valence-corrected chi connectivity index (χ4v) is 3.35. The van der Waals surface area contributed by atoms with Crippen molar-refractivity contribution in [3.8, 4) is 0 Å². The molecule has 0 radical (unpaired) electrons. The zero-order valence-corrected chi connectivity index (χ0v) is 12.2. The standard InChI is InChI=1S/C16H22FN3/c1-3-9-20-14-10-12(17)5-6-13(14)19-15(20)16(4-2)7-8-18-11-16/h5-6,10,18H,3-4,7-9,11H2,1-2H3. The molecule has 1 fully saturated rings. The fourth-order valence-electron chi connectivity index (χ4n) is 3.35. The molecule has 3 rings (SSSR count). The van der Waals surface area contributed by atoms with Crippen molar-refractivity contribution in [3.05, 3.63) is 29.8 Å². The Labute approximate surface area is 119 Å². The molecular formula is C16H22FN3. The van der Waals surface area contributed by atoms with E-state index >= 15 is 0 Å². The highest BCUT2D eigenvalue weighted by Crippen LogP contribution is 2.35. The summed E-state index contributed by atoms with van der Waals surface area (Å²) in [7, 11) is 0. The largest absolute Gasteiger partial charge is 0.327 e. The van der Waals surface area contributed by atoms with E-state index in [9.17, 15) is 4.39 Å². The van der Waals surface area contributed by atoms with E-state index in [0.717, 1.165) is 55.8 Å². The highest BCUT2D eigenvalue weighted by atomic mass is 19.1. The molecule has 1 aliphatic rings. The first-order valence-electron chi connectivity index (χ1n) is 7.57. The third kappa shape index (κ3) is 2.03. The number of nitrogens with one attached hydrogen (secondary N) is 1. The molecule has 108 valence electrons. The molecule has 2 heterocycles. The SMILES string of the molecule is CCCn1c(C2(CC)CCNC2)nc2ccc(F)cc21. The quantitative estimate of drug-likeness (QED) is 0.928. The van der Waals surface area contributed by atoms with Crippen molar-refractivity contribution >= 4 is 11.0 Å². The molecule has 1 unspecified atom stereocenters. The molecule has 3 nitrogen and oxygen atoms in total. The van der Waals surface area contributed by atoms with Crippen LogP contribution in [-0.4, -0.2) is 22.6 Å². The minimum atomic E-state index is -0.184. The van der Waals surface area contributed by atoms with Crippen LogP contribution in [0.3, 0.4) is 0 Å². The zero-order chi connectivity index (χ0) is 14.2. The molecule has 1 aromatic heterocycles. The van der Waals surface area contributed by atoms with Crippen molar-refractivity contribution in [1.82, 2.24) is 14.9 Å². The average Bonchev–Trinajstić information content (AvgIpc) is 3.05. The van der Waals surface area contributed by atoms with Gasteiger partial charge in [-0.15, -0.1) is 0 Å². The Morgan fingerprint density at radius 1 is 1.40 bits per heavy atom. The van der Waals surface area contributed by atoms with Crippen LogP contribution in [0.2, 0.25) is 0 Å². The van der Waals surface area contributed by atoms with Gasteiger partial charge >= 0.3 is 0 Å². The second kappa shape index (κ2) is 5.17. The lowest BCUT2D eigenvalue weighted by Crippen LogP contribution is -2.32. The molecule has 0 amide bonds. The number of rotatable bonds is 4. The van der Waals surface area contributed by atoms with Crippen LogP contribution < -0.4 is 5.32 Å². The predicted molar refractivity (Wildman–Crippen MR) is 79.4 cm³/mol. The smallest absolute Gasteiger partial charge is 0.125 e. The molecule has 4 heteroatoms. The molecule has 1 aliphatic heterocycles. The van der Waals surface area contributed by atoms with Gasteiger partial charge in [-0.1, -0.05) is 13.8 Å². The van der Waals surface area contributed by atoms with Gasteiger partial charge in [0.1, 0.15) is 11.6 Å². The van der Waals surface area contributed by atoms with Gasteiger partial charge in [0, 0.05) is 18.5 Å². The Hall–Kier alpha value is -1.42. The summed E-state index contributed by atoms with van der Waals surface area (Å²) in [6.07, 6.45) is 3.21. The van der Waals surface area contributed by atoms with E-state index in [1.807, 2.05) is 0 Å². The van der Waals surface area contributed by atoms with Crippen molar-refractivity contribution in [2.24, 2.45) is 0 Å². The lowest BCUT2D eigenvalue weighted by Gasteiger charge is -2.27. The average molecular weight is 275 g/mol. The van der Waals surface area contributed by atoms with Crippen molar-refractivity contribution in [1.29, 1.82) is 0 Å². The van der Waals surface area contributed by atoms with Gasteiger partial charge in [-0.3, -0.25) is 0 Å². The molecule has 0 bridgehead atoms. The minimum Gasteiger partial charge on any atom is -0.327 e. The second-order valence-electron chi connectivity index (χ2n) is 5.78. The summed E-state index contributed by atoms with van der Waals surface area (Å²) in [6, 6.07) is 4.92. The lowest BCUT2D eigenvalue weighted by atomic mass is 9.83. The highest BCUT2D eigenvalue weighted by Gasteiger charge is 2.38. The predicted octanol–water partition coefficient (Wildman–Crippen LogP) is 3.23. The van der Waals surface area contributed by atoms with Gasteiger partial charge in [0.05, 0.1) is 11.0 Å². The van der Waals surface area contributed by atoms with Gasteiger partial charge < -0.3 is 9.88 Å². The summed E-state index contributed by atoms with van der Waals surface area (Å²) < 4.78 is 15.8. The minimum absolute atomic E-state index is 0.102. The van der Waals surface area contributed by atoms with E-state index in [1.54, 1.807) is 12.1 Å². The maximum atomic E-state index is 13.6. The summed E-state index contributed by atoms with van der Waals surface area (Å²) in [5.41, 5.74) is 1.95. The Balaban J connectivity index is 2.21. The molecule has 1 N–H and O–H groups in total. The molecule has 1 atom stereocenters. The third-order valence-corrected chi connectivity index (χ3v) is 4.55. The molecular weight excluding hydrogens is 253 g/mol. The number of fused-ring (bicyclic) bond motifs is 1. The Kier molecular flexibility index (Phi) is 3.50. The summed E-state index contributed by atoms with van der Waals surface area (Å²) in [5, 5.41) is 3.46. The number of nitrogens with zero attached hydrogens (tertiary/aromatic N) is 2. The van der Waals surface area contributed by atoms with Crippen molar-refractivity contribution in [3.63, 3.8) is 0 Å². The van der Waals surface area contributed by atoms with Gasteiger partial charge in [0.2, 0.25) is 0 Å². The van der Waals surface area contributed by atoms with Gasteiger partial charge in [0.25, 0.3) is 0 Å². The van der Waals surface area contributed by atoms with E-state index in [1.165, 1.54) is 6.07 Å². The Morgan fingerprint density at radius 3 is 2.90 bits per heavy atom. The van der Waals surface area contributed by atoms with Crippen LogP contribution in [0.1, 0.15) is 38.9 Å². The summed E-state index contributed by atoms with van der Waals surface area (Å²) in [6.45, 7) is 7.29. The number of aromatic nitrogens is 2. The van der Waals surface area contributed by atoms with Gasteiger partial charge in [-0.25, -0.2) is 9.37 Å². The molecule has 0 aliphatic carbocycles. The normalized spacial score (nSPS) is 22.8. The third-order valence-electron chi connectivity index (χ3n) is 4.55. The second-order valence-corrected chi connectivity index (χ2v) is 5.78. The van der Waals surface area contributed by atoms with Crippen LogP contribution in [0, 0.1) is 5.82 Å². The Morgan fingerprint density at radius 2 is 2.25 bits per heavy atom. The Bertz CT molecular complexity index is 611. The molecule has 1 saturated heterocycles. The number of aryl methyl sites for hydroxylation is 1. The number of imidazole rings is 1. The maximum absolute atomic E-state index is 13.6. The number of hydrogen-bond donors (Lipinski definition) is 1. The fraction of sp³-hybridized carbons (Fsp3) is 0.562. The monoisotopic (exact) mass is 275 g/mol. The van der Waals surface area contributed by atoms with Crippen molar-refractivity contribution in [2.75, 3.05) is 13.1 Å². The van der Waals surface area contributed by atoms with E-state index in [0.29, 0.717) is 0 Å². The summed E-state index contributed by atoms with van der Waals surface area (Å²) in [4.78, 5) is 4.85. The lowest BCUT2D eigenvalue weighted by molar-refractivity contribution is 0.404. The molecule has 1 aromatic carbocycles. The summed E-state index contributed by atoms with van der Waals surface area (Å²) in [5.74, 6) is 0.948. The molecule has 2 aromatic rings. The number of hydrogen-bond acceptors (Lipinski definition) is 2. The number of benzene rings is 1. The van der Waals surface area contributed by atoms with Gasteiger partial charge in [-0.05, 0) is 44.0 Å². The van der Waals surface area contributed by atoms with Gasteiger partial charge in [-0.2, -0.15) is 0 Å². The first-order valence-corrected chi connectivity index (χ1v) is 7.57. The van der Waals surface area contributed by atoms with Crippen molar-refractivity contribution < 1.29 is 4.39 Å². The van der Waals surface area contributed by atoms with Crippen LogP contribution in [0.25, 0.3) is 11.0 Å². The van der Waals surface area contributed by atoms with E-state index in [-0.39, 0.29) is 11.2 Å². The zero-order valence-electron chi connectivity index (χ0n) is 12.2. The van der Waals surface area contributed by atoms with Gasteiger partial charge in [0.15, 0.2) is 0 Å². The molecule has 20 heavy (non-hydrogen) atoms. The first-order chi connectivity index (χ1) is 9.70.